The minimum absolute atomic E-state index is 0.0206. The lowest BCUT2D eigenvalue weighted by atomic mass is 10.0. The Morgan fingerprint density at radius 1 is 1.00 bits per heavy atom. The SMILES string of the molecule is COc1ccc(Cc2c[nH]c3ccccc23)cc1C(=O)NS(=O)(=O)c1ccccc1. The van der Waals surface area contributed by atoms with E-state index in [4.69, 9.17) is 4.74 Å². The van der Waals surface area contributed by atoms with E-state index in [0.717, 1.165) is 22.0 Å². The third kappa shape index (κ3) is 3.92. The van der Waals surface area contributed by atoms with Gasteiger partial charge in [-0.3, -0.25) is 4.79 Å². The number of aromatic amines is 1. The summed E-state index contributed by atoms with van der Waals surface area (Å²) < 4.78 is 32.5. The van der Waals surface area contributed by atoms with E-state index in [-0.39, 0.29) is 10.5 Å². The van der Waals surface area contributed by atoms with Crippen molar-refractivity contribution in [2.75, 3.05) is 7.11 Å². The fraction of sp³-hybridized carbons (Fsp3) is 0.0870. The molecular formula is C23H20N2O4S. The monoisotopic (exact) mass is 420 g/mol. The molecule has 1 aromatic heterocycles. The highest BCUT2D eigenvalue weighted by Crippen LogP contribution is 2.25. The van der Waals surface area contributed by atoms with Crippen LogP contribution in [0.1, 0.15) is 21.5 Å². The van der Waals surface area contributed by atoms with Gasteiger partial charge in [-0.1, -0.05) is 42.5 Å². The lowest BCUT2D eigenvalue weighted by Crippen LogP contribution is -2.31. The van der Waals surface area contributed by atoms with Gasteiger partial charge in [-0.2, -0.15) is 0 Å². The van der Waals surface area contributed by atoms with E-state index < -0.39 is 15.9 Å². The Bertz CT molecular complexity index is 1310. The van der Waals surface area contributed by atoms with Gasteiger partial charge >= 0.3 is 0 Å². The van der Waals surface area contributed by atoms with Crippen LogP contribution in [0, 0.1) is 0 Å². The summed E-state index contributed by atoms with van der Waals surface area (Å²) >= 11 is 0. The van der Waals surface area contributed by atoms with Crippen LogP contribution in [0.15, 0.2) is 83.9 Å². The maximum Gasteiger partial charge on any atom is 0.268 e. The number of nitrogens with one attached hydrogen (secondary N) is 2. The van der Waals surface area contributed by atoms with Crippen LogP contribution in [0.25, 0.3) is 10.9 Å². The second kappa shape index (κ2) is 8.04. The topological polar surface area (TPSA) is 88.3 Å². The molecule has 3 aromatic carbocycles. The van der Waals surface area contributed by atoms with Crippen molar-refractivity contribution < 1.29 is 17.9 Å². The lowest BCUT2D eigenvalue weighted by molar-refractivity contribution is 0.0978. The number of H-pyrrole nitrogens is 1. The number of carbonyl (C=O) groups excluding carboxylic acids is 1. The Balaban J connectivity index is 1.63. The number of rotatable bonds is 6. The van der Waals surface area contributed by atoms with Gasteiger partial charge in [-0.15, -0.1) is 0 Å². The summed E-state index contributed by atoms with van der Waals surface area (Å²) in [5, 5.41) is 1.10. The van der Waals surface area contributed by atoms with Gasteiger partial charge in [0.2, 0.25) is 0 Å². The number of fused-ring (bicyclic) bond motifs is 1. The third-order valence-electron chi connectivity index (χ3n) is 4.86. The molecule has 0 aliphatic rings. The van der Waals surface area contributed by atoms with Gasteiger partial charge in [0.25, 0.3) is 15.9 Å². The first kappa shape index (κ1) is 19.7. The summed E-state index contributed by atoms with van der Waals surface area (Å²) in [4.78, 5) is 16.1. The standard InChI is InChI=1S/C23H20N2O4S/c1-29-22-12-11-16(13-17-15-24-21-10-6-5-9-19(17)21)14-20(22)23(26)25-30(27,28)18-7-3-2-4-8-18/h2-12,14-15,24H,13H2,1H3,(H,25,26). The zero-order chi connectivity index (χ0) is 21.1. The number of carbonyl (C=O) groups is 1. The number of amides is 1. The van der Waals surface area contributed by atoms with E-state index in [1.807, 2.05) is 36.5 Å². The van der Waals surface area contributed by atoms with Crippen molar-refractivity contribution in [2.45, 2.75) is 11.3 Å². The van der Waals surface area contributed by atoms with Gasteiger partial charge in [0.1, 0.15) is 5.75 Å². The van der Waals surface area contributed by atoms with Crippen LogP contribution in [0.5, 0.6) is 5.75 Å². The van der Waals surface area contributed by atoms with E-state index >= 15 is 0 Å². The Labute approximate surface area is 174 Å². The van der Waals surface area contributed by atoms with Crippen molar-refractivity contribution in [3.8, 4) is 5.75 Å². The van der Waals surface area contributed by atoms with Crippen LogP contribution >= 0.6 is 0 Å². The molecule has 0 saturated heterocycles. The molecule has 0 bridgehead atoms. The number of para-hydroxylation sites is 1. The van der Waals surface area contributed by atoms with Gasteiger partial charge < -0.3 is 9.72 Å². The van der Waals surface area contributed by atoms with Crippen LogP contribution < -0.4 is 9.46 Å². The molecule has 0 aliphatic carbocycles. The molecule has 0 unspecified atom stereocenters. The predicted octanol–water partition coefficient (Wildman–Crippen LogP) is 3.89. The Hall–Kier alpha value is -3.58. The summed E-state index contributed by atoms with van der Waals surface area (Å²) in [5.74, 6) is -0.435. The van der Waals surface area contributed by atoms with Crippen LogP contribution in [-0.4, -0.2) is 26.4 Å². The first-order valence-corrected chi connectivity index (χ1v) is 10.8. The van der Waals surface area contributed by atoms with E-state index in [1.54, 1.807) is 30.3 Å². The number of hydrogen-bond donors (Lipinski definition) is 2. The third-order valence-corrected chi connectivity index (χ3v) is 6.21. The molecule has 1 amide bonds. The van der Waals surface area contributed by atoms with Gasteiger partial charge in [0, 0.05) is 17.1 Å². The van der Waals surface area contributed by atoms with Crippen LogP contribution in [0.4, 0.5) is 0 Å². The Morgan fingerprint density at radius 3 is 2.50 bits per heavy atom. The first-order chi connectivity index (χ1) is 14.5. The number of benzene rings is 3. The molecule has 2 N–H and O–H groups in total. The van der Waals surface area contributed by atoms with Crippen LogP contribution in [0.3, 0.4) is 0 Å². The molecule has 1 heterocycles. The molecule has 0 atom stereocenters. The molecule has 4 aromatic rings. The predicted molar refractivity (Wildman–Crippen MR) is 115 cm³/mol. The summed E-state index contributed by atoms with van der Waals surface area (Å²) in [6.07, 6.45) is 2.52. The number of sulfonamides is 1. The van der Waals surface area contributed by atoms with Crippen LogP contribution in [-0.2, 0) is 16.4 Å². The zero-order valence-electron chi connectivity index (χ0n) is 16.3. The van der Waals surface area contributed by atoms with Gasteiger partial charge in [-0.05, 0) is 47.9 Å². The smallest absolute Gasteiger partial charge is 0.268 e. The maximum absolute atomic E-state index is 12.8. The van der Waals surface area contributed by atoms with Crippen LogP contribution in [0.2, 0.25) is 0 Å². The molecule has 152 valence electrons. The maximum atomic E-state index is 12.8. The minimum Gasteiger partial charge on any atom is -0.496 e. The van der Waals surface area contributed by atoms with Crippen molar-refractivity contribution in [3.05, 3.63) is 95.7 Å². The van der Waals surface area contributed by atoms with Crippen molar-refractivity contribution in [2.24, 2.45) is 0 Å². The number of ether oxygens (including phenoxy) is 1. The van der Waals surface area contributed by atoms with Gasteiger partial charge in [-0.25, -0.2) is 13.1 Å². The Morgan fingerprint density at radius 2 is 1.73 bits per heavy atom. The molecule has 4 rings (SSSR count). The second-order valence-corrected chi connectivity index (χ2v) is 8.50. The fourth-order valence-electron chi connectivity index (χ4n) is 3.38. The summed E-state index contributed by atoms with van der Waals surface area (Å²) in [6.45, 7) is 0. The number of methoxy groups -OCH3 is 1. The van der Waals surface area contributed by atoms with E-state index in [2.05, 4.69) is 9.71 Å². The van der Waals surface area contributed by atoms with Crippen molar-refractivity contribution in [1.29, 1.82) is 0 Å². The normalized spacial score (nSPS) is 11.4. The van der Waals surface area contributed by atoms with Gasteiger partial charge in [0.05, 0.1) is 17.6 Å². The van der Waals surface area contributed by atoms with Crippen molar-refractivity contribution >= 4 is 26.8 Å². The van der Waals surface area contributed by atoms with E-state index in [9.17, 15) is 13.2 Å². The van der Waals surface area contributed by atoms with Gasteiger partial charge in [0.15, 0.2) is 0 Å². The van der Waals surface area contributed by atoms with E-state index in [1.165, 1.54) is 19.2 Å². The molecule has 0 saturated carbocycles. The summed E-state index contributed by atoms with van der Waals surface area (Å²) in [5.41, 5.74) is 3.14. The highest BCUT2D eigenvalue weighted by Gasteiger charge is 2.21. The molecule has 7 heteroatoms. The number of hydrogen-bond acceptors (Lipinski definition) is 4. The zero-order valence-corrected chi connectivity index (χ0v) is 17.1. The Kier molecular flexibility index (Phi) is 5.29. The molecule has 0 spiro atoms. The molecule has 6 nitrogen and oxygen atoms in total. The molecular weight excluding hydrogens is 400 g/mol. The largest absolute Gasteiger partial charge is 0.496 e. The lowest BCUT2D eigenvalue weighted by Gasteiger charge is -2.12. The average Bonchev–Trinajstić information content (AvgIpc) is 3.17. The second-order valence-electron chi connectivity index (χ2n) is 6.82. The van der Waals surface area contributed by atoms with E-state index in [0.29, 0.717) is 12.2 Å². The highest BCUT2D eigenvalue weighted by molar-refractivity contribution is 7.90. The average molecular weight is 420 g/mol. The fourth-order valence-corrected chi connectivity index (χ4v) is 4.36. The first-order valence-electron chi connectivity index (χ1n) is 9.32. The highest BCUT2D eigenvalue weighted by atomic mass is 32.2. The molecule has 30 heavy (non-hydrogen) atoms. The minimum atomic E-state index is -3.98. The summed E-state index contributed by atoms with van der Waals surface area (Å²) in [6, 6.07) is 20.9. The molecule has 0 aliphatic heterocycles. The molecule has 0 radical (unpaired) electrons. The quantitative estimate of drug-likeness (QED) is 0.495. The molecule has 0 fully saturated rings. The van der Waals surface area contributed by atoms with Crippen molar-refractivity contribution in [1.82, 2.24) is 9.71 Å². The summed E-state index contributed by atoms with van der Waals surface area (Å²) in [7, 11) is -2.54. The number of aromatic nitrogens is 1. The van der Waals surface area contributed by atoms with Crippen molar-refractivity contribution in [3.63, 3.8) is 0 Å².